The Morgan fingerprint density at radius 3 is 2.62 bits per heavy atom. The molecule has 1 aromatic heterocycles. The second-order valence-electron chi connectivity index (χ2n) is 4.30. The molecule has 4 nitrogen and oxygen atoms in total. The fourth-order valence-corrected chi connectivity index (χ4v) is 1.74. The number of aromatic carboxylic acids is 1. The van der Waals surface area contributed by atoms with Crippen LogP contribution in [0.2, 0.25) is 0 Å². The first-order valence-electron chi connectivity index (χ1n) is 5.90. The Hall–Kier alpha value is -2.44. The number of ether oxygens (including phenoxy) is 1. The predicted octanol–water partition coefficient (Wildman–Crippen LogP) is 3.88. The molecular formula is C14H11F3O4. The molecule has 0 unspecified atom stereocenters. The van der Waals surface area contributed by atoms with Gasteiger partial charge in [0.2, 0.25) is 0 Å². The van der Waals surface area contributed by atoms with Crippen molar-refractivity contribution in [2.24, 2.45) is 0 Å². The number of aryl methyl sites for hydroxylation is 1. The van der Waals surface area contributed by atoms with Crippen molar-refractivity contribution >= 4 is 5.97 Å². The average Bonchev–Trinajstić information content (AvgIpc) is 2.77. The molecule has 0 aliphatic carbocycles. The zero-order valence-electron chi connectivity index (χ0n) is 10.9. The topological polar surface area (TPSA) is 59.7 Å². The third kappa shape index (κ3) is 3.56. The second-order valence-corrected chi connectivity index (χ2v) is 4.30. The highest BCUT2D eigenvalue weighted by Crippen LogP contribution is 2.31. The van der Waals surface area contributed by atoms with E-state index < -0.39 is 17.7 Å². The molecule has 7 heteroatoms. The van der Waals surface area contributed by atoms with Crippen molar-refractivity contribution in [1.29, 1.82) is 0 Å². The van der Waals surface area contributed by atoms with Crippen molar-refractivity contribution in [3.05, 3.63) is 53.0 Å². The predicted molar refractivity (Wildman–Crippen MR) is 66.2 cm³/mol. The molecule has 0 saturated carbocycles. The standard InChI is InChI=1S/C14H11F3O4/c1-8-12(13(18)19)6-11(21-8)7-20-10-4-2-3-9(5-10)14(15,16)17/h2-6H,7H2,1H3,(H,18,19). The molecular weight excluding hydrogens is 289 g/mol. The average molecular weight is 300 g/mol. The maximum absolute atomic E-state index is 12.5. The van der Waals surface area contributed by atoms with Crippen LogP contribution in [0, 0.1) is 6.92 Å². The zero-order chi connectivity index (χ0) is 15.6. The molecule has 0 fully saturated rings. The fourth-order valence-electron chi connectivity index (χ4n) is 1.74. The number of alkyl halides is 3. The number of carboxylic acid groups (broad SMARTS) is 1. The molecule has 21 heavy (non-hydrogen) atoms. The molecule has 0 amide bonds. The van der Waals surface area contributed by atoms with E-state index in [9.17, 15) is 18.0 Å². The maximum atomic E-state index is 12.5. The van der Waals surface area contributed by atoms with E-state index in [0.717, 1.165) is 12.1 Å². The van der Waals surface area contributed by atoms with Gasteiger partial charge in [-0.3, -0.25) is 0 Å². The first kappa shape index (κ1) is 15.0. The number of benzene rings is 1. The third-order valence-corrected chi connectivity index (χ3v) is 2.74. The molecule has 0 aliphatic heterocycles. The van der Waals surface area contributed by atoms with Gasteiger partial charge in [-0.15, -0.1) is 0 Å². The first-order chi connectivity index (χ1) is 9.77. The largest absolute Gasteiger partial charge is 0.486 e. The fraction of sp³-hybridized carbons (Fsp3) is 0.214. The van der Waals surface area contributed by atoms with Crippen LogP contribution in [-0.2, 0) is 12.8 Å². The Bertz CT molecular complexity index is 658. The summed E-state index contributed by atoms with van der Waals surface area (Å²) in [6.45, 7) is 1.33. The summed E-state index contributed by atoms with van der Waals surface area (Å²) in [6, 6.07) is 5.70. The smallest absolute Gasteiger partial charge is 0.416 e. The summed E-state index contributed by atoms with van der Waals surface area (Å²) >= 11 is 0. The number of carbonyl (C=O) groups is 1. The van der Waals surface area contributed by atoms with Gasteiger partial charge in [-0.1, -0.05) is 6.07 Å². The Labute approximate surface area is 117 Å². The molecule has 112 valence electrons. The molecule has 2 rings (SSSR count). The summed E-state index contributed by atoms with van der Waals surface area (Å²) in [7, 11) is 0. The summed E-state index contributed by atoms with van der Waals surface area (Å²) in [4.78, 5) is 10.8. The molecule has 2 aromatic rings. The van der Waals surface area contributed by atoms with Gasteiger partial charge in [0.05, 0.1) is 5.56 Å². The molecule has 0 radical (unpaired) electrons. The Morgan fingerprint density at radius 1 is 1.33 bits per heavy atom. The molecule has 0 atom stereocenters. The number of hydrogen-bond donors (Lipinski definition) is 1. The number of halogens is 3. The van der Waals surface area contributed by atoms with Gasteiger partial charge in [0, 0.05) is 0 Å². The van der Waals surface area contributed by atoms with Crippen LogP contribution in [0.15, 0.2) is 34.7 Å². The molecule has 0 saturated heterocycles. The lowest BCUT2D eigenvalue weighted by Crippen LogP contribution is -2.05. The minimum Gasteiger partial charge on any atom is -0.486 e. The number of carboxylic acids is 1. The van der Waals surface area contributed by atoms with E-state index in [1.807, 2.05) is 0 Å². The number of furan rings is 1. The lowest BCUT2D eigenvalue weighted by Gasteiger charge is -2.09. The van der Waals surface area contributed by atoms with E-state index in [1.54, 1.807) is 0 Å². The van der Waals surface area contributed by atoms with Crippen LogP contribution in [0.5, 0.6) is 5.75 Å². The van der Waals surface area contributed by atoms with E-state index in [4.69, 9.17) is 14.3 Å². The second kappa shape index (κ2) is 5.51. The number of rotatable bonds is 4. The van der Waals surface area contributed by atoms with Crippen LogP contribution < -0.4 is 4.74 Å². The Morgan fingerprint density at radius 2 is 2.05 bits per heavy atom. The van der Waals surface area contributed by atoms with Gasteiger partial charge >= 0.3 is 12.1 Å². The van der Waals surface area contributed by atoms with Crippen molar-refractivity contribution in [3.8, 4) is 5.75 Å². The van der Waals surface area contributed by atoms with E-state index >= 15 is 0 Å². The molecule has 1 N–H and O–H groups in total. The van der Waals surface area contributed by atoms with Crippen molar-refractivity contribution in [2.45, 2.75) is 19.7 Å². The number of hydrogen-bond acceptors (Lipinski definition) is 3. The van der Waals surface area contributed by atoms with Crippen LogP contribution in [0.25, 0.3) is 0 Å². The van der Waals surface area contributed by atoms with Gasteiger partial charge in [-0.25, -0.2) is 4.79 Å². The van der Waals surface area contributed by atoms with Crippen molar-refractivity contribution in [1.82, 2.24) is 0 Å². The van der Waals surface area contributed by atoms with Crippen LogP contribution in [-0.4, -0.2) is 11.1 Å². The van der Waals surface area contributed by atoms with E-state index in [2.05, 4.69) is 0 Å². The lowest BCUT2D eigenvalue weighted by molar-refractivity contribution is -0.137. The van der Waals surface area contributed by atoms with Crippen molar-refractivity contribution < 1.29 is 32.2 Å². The molecule has 1 aromatic carbocycles. The van der Waals surface area contributed by atoms with Crippen LogP contribution in [0.4, 0.5) is 13.2 Å². The summed E-state index contributed by atoms with van der Waals surface area (Å²) in [6.07, 6.45) is -4.45. The van der Waals surface area contributed by atoms with Gasteiger partial charge in [0.25, 0.3) is 0 Å². The van der Waals surface area contributed by atoms with Crippen molar-refractivity contribution in [2.75, 3.05) is 0 Å². The summed E-state index contributed by atoms with van der Waals surface area (Å²) in [5.74, 6) is -0.676. The van der Waals surface area contributed by atoms with Gasteiger partial charge < -0.3 is 14.3 Å². The minimum atomic E-state index is -4.45. The van der Waals surface area contributed by atoms with Gasteiger partial charge in [-0.05, 0) is 31.2 Å². The third-order valence-electron chi connectivity index (χ3n) is 2.74. The lowest BCUT2D eigenvalue weighted by atomic mass is 10.2. The van der Waals surface area contributed by atoms with Gasteiger partial charge in [0.1, 0.15) is 29.4 Å². The molecule has 0 bridgehead atoms. The highest BCUT2D eigenvalue weighted by molar-refractivity contribution is 5.88. The van der Waals surface area contributed by atoms with E-state index in [0.29, 0.717) is 0 Å². The Balaban J connectivity index is 2.10. The van der Waals surface area contributed by atoms with Gasteiger partial charge in [0.15, 0.2) is 0 Å². The zero-order valence-corrected chi connectivity index (χ0v) is 10.9. The Kier molecular flexibility index (Phi) is 3.93. The summed E-state index contributed by atoms with van der Waals surface area (Å²) in [5, 5.41) is 8.86. The monoisotopic (exact) mass is 300 g/mol. The van der Waals surface area contributed by atoms with Crippen molar-refractivity contribution in [3.63, 3.8) is 0 Å². The van der Waals surface area contributed by atoms with Crippen LogP contribution in [0.1, 0.15) is 27.4 Å². The SMILES string of the molecule is Cc1oc(COc2cccc(C(F)(F)F)c2)cc1C(=O)O. The summed E-state index contributed by atoms with van der Waals surface area (Å²) in [5.41, 5.74) is -0.820. The molecule has 1 heterocycles. The van der Waals surface area contributed by atoms with E-state index in [-0.39, 0.29) is 29.4 Å². The molecule has 0 spiro atoms. The highest BCUT2D eigenvalue weighted by Gasteiger charge is 2.30. The maximum Gasteiger partial charge on any atom is 0.416 e. The van der Waals surface area contributed by atoms with Crippen LogP contribution >= 0.6 is 0 Å². The summed E-state index contributed by atoms with van der Waals surface area (Å²) < 4.78 is 48.0. The van der Waals surface area contributed by atoms with Gasteiger partial charge in [-0.2, -0.15) is 13.2 Å². The van der Waals surface area contributed by atoms with Crippen LogP contribution in [0.3, 0.4) is 0 Å². The highest BCUT2D eigenvalue weighted by atomic mass is 19.4. The first-order valence-corrected chi connectivity index (χ1v) is 5.90. The minimum absolute atomic E-state index is 0.00218. The quantitative estimate of drug-likeness (QED) is 0.930. The normalized spacial score (nSPS) is 11.4. The molecule has 0 aliphatic rings. The van der Waals surface area contributed by atoms with E-state index in [1.165, 1.54) is 25.1 Å².